The fourth-order valence-electron chi connectivity index (χ4n) is 5.66. The van der Waals surface area contributed by atoms with Crippen LogP contribution in [0, 0.1) is 0 Å². The highest BCUT2D eigenvalue weighted by atomic mass is 35.5. The lowest BCUT2D eigenvalue weighted by atomic mass is 9.72. The van der Waals surface area contributed by atoms with Gasteiger partial charge in [-0.15, -0.1) is 0 Å². The molecule has 39 heavy (non-hydrogen) atoms. The Hall–Kier alpha value is -2.17. The number of carbonyl (C=O) groups excluding carboxylic acids is 1. The summed E-state index contributed by atoms with van der Waals surface area (Å²) in [5.74, 6) is -2.04. The van der Waals surface area contributed by atoms with Gasteiger partial charge >= 0.3 is 5.97 Å². The summed E-state index contributed by atoms with van der Waals surface area (Å²) in [6.45, 7) is 1.96. The Balaban J connectivity index is 1.89. The molecule has 1 saturated carbocycles. The number of likely N-dealkylation sites (N-methyl/N-ethyl adjacent to an activating group) is 1. The molecular formula is C28H34Cl2N2O6S. The summed E-state index contributed by atoms with van der Waals surface area (Å²) in [5, 5.41) is 10.5. The Kier molecular flexibility index (Phi) is 8.98. The average molecular weight is 598 g/mol. The maximum atomic E-state index is 14.4. The number of likely N-dealkylation sites (tertiary alicyclic amines) is 1. The van der Waals surface area contributed by atoms with Crippen molar-refractivity contribution in [2.24, 2.45) is 0 Å². The van der Waals surface area contributed by atoms with E-state index in [1.165, 1.54) is 18.5 Å². The van der Waals surface area contributed by atoms with Crippen molar-refractivity contribution < 1.29 is 27.9 Å². The maximum Gasteiger partial charge on any atom is 0.306 e. The highest BCUT2D eigenvalue weighted by Crippen LogP contribution is 2.50. The van der Waals surface area contributed by atoms with Crippen LogP contribution in [0.2, 0.25) is 10.0 Å². The summed E-state index contributed by atoms with van der Waals surface area (Å²) in [6.07, 6.45) is 1.26. The molecule has 1 aliphatic carbocycles. The quantitative estimate of drug-likeness (QED) is 0.386. The number of methoxy groups -OCH3 is 1. The van der Waals surface area contributed by atoms with E-state index in [4.69, 9.17) is 27.9 Å². The number of carbonyl (C=O) groups is 2. The van der Waals surface area contributed by atoms with Gasteiger partial charge in [0.25, 0.3) is 5.91 Å². The summed E-state index contributed by atoms with van der Waals surface area (Å²) in [5.41, 5.74) is -0.0344. The van der Waals surface area contributed by atoms with Crippen LogP contribution in [-0.4, -0.2) is 72.2 Å². The van der Waals surface area contributed by atoms with Gasteiger partial charge in [-0.1, -0.05) is 54.4 Å². The minimum Gasteiger partial charge on any atom is -0.481 e. The van der Waals surface area contributed by atoms with Crippen molar-refractivity contribution >= 4 is 45.1 Å². The van der Waals surface area contributed by atoms with Crippen molar-refractivity contribution in [2.75, 3.05) is 20.7 Å². The molecule has 0 spiro atoms. The van der Waals surface area contributed by atoms with Crippen LogP contribution in [0.1, 0.15) is 62.1 Å². The van der Waals surface area contributed by atoms with Gasteiger partial charge in [-0.05, 0) is 61.1 Å². The number of aliphatic carboxylic acids is 1. The molecule has 8 nitrogen and oxygen atoms in total. The number of amides is 1. The molecule has 1 N–H and O–H groups in total. The lowest BCUT2D eigenvalue weighted by Crippen LogP contribution is -2.62. The number of nitrogens with zero attached hydrogens (tertiary/aromatic N) is 2. The van der Waals surface area contributed by atoms with E-state index in [-0.39, 0.29) is 13.0 Å². The summed E-state index contributed by atoms with van der Waals surface area (Å²) >= 11 is 12.6. The molecular weight excluding hydrogens is 563 g/mol. The van der Waals surface area contributed by atoms with Gasteiger partial charge in [0.15, 0.2) is 5.60 Å². The van der Waals surface area contributed by atoms with Gasteiger partial charge in [-0.2, -0.15) is 0 Å². The Labute approximate surface area is 239 Å². The molecule has 4 atom stereocenters. The predicted molar refractivity (Wildman–Crippen MR) is 150 cm³/mol. The molecule has 1 aliphatic heterocycles. The van der Waals surface area contributed by atoms with Crippen LogP contribution in [0.25, 0.3) is 0 Å². The molecule has 2 fully saturated rings. The molecule has 212 valence electrons. The van der Waals surface area contributed by atoms with Crippen LogP contribution in [-0.2, 0) is 24.3 Å². The third-order valence-electron chi connectivity index (χ3n) is 7.88. The zero-order valence-corrected chi connectivity index (χ0v) is 24.5. The first kappa shape index (κ1) is 29.8. The second-order valence-electron chi connectivity index (χ2n) is 10.4. The number of halogens is 2. The molecule has 2 aliphatic rings. The smallest absolute Gasteiger partial charge is 0.306 e. The van der Waals surface area contributed by atoms with Gasteiger partial charge in [-0.3, -0.25) is 9.59 Å². The average Bonchev–Trinajstić information content (AvgIpc) is 3.75. The van der Waals surface area contributed by atoms with Gasteiger partial charge in [0, 0.05) is 42.7 Å². The number of carboxylic acid groups (broad SMARTS) is 1. The Morgan fingerprint density at radius 1 is 1.15 bits per heavy atom. The molecule has 2 aromatic carbocycles. The number of piperidine rings is 1. The molecule has 1 saturated heterocycles. The van der Waals surface area contributed by atoms with Crippen molar-refractivity contribution in [2.45, 2.75) is 67.9 Å². The first-order chi connectivity index (χ1) is 18.4. The van der Waals surface area contributed by atoms with Crippen LogP contribution in [0.3, 0.4) is 0 Å². The third kappa shape index (κ3) is 6.12. The van der Waals surface area contributed by atoms with E-state index < -0.39 is 57.2 Å². The predicted octanol–water partition coefficient (Wildman–Crippen LogP) is 5.11. The van der Waals surface area contributed by atoms with Gasteiger partial charge in [-0.25, -0.2) is 12.7 Å². The molecule has 0 bridgehead atoms. The monoisotopic (exact) mass is 596 g/mol. The molecule has 1 heterocycles. The highest BCUT2D eigenvalue weighted by molar-refractivity contribution is 7.90. The lowest BCUT2D eigenvalue weighted by Gasteiger charge is -2.52. The largest absolute Gasteiger partial charge is 0.481 e. The number of hydrogen-bond acceptors (Lipinski definition) is 5. The van der Waals surface area contributed by atoms with E-state index in [0.29, 0.717) is 29.3 Å². The van der Waals surface area contributed by atoms with E-state index >= 15 is 0 Å². The maximum absolute atomic E-state index is 14.4. The van der Waals surface area contributed by atoms with Crippen LogP contribution in [0.5, 0.6) is 0 Å². The number of carboxylic acids is 1. The fraction of sp³-hybridized carbons (Fsp3) is 0.500. The molecule has 4 rings (SSSR count). The van der Waals surface area contributed by atoms with Crippen molar-refractivity contribution in [3.8, 4) is 0 Å². The lowest BCUT2D eigenvalue weighted by molar-refractivity contribution is -0.178. The highest BCUT2D eigenvalue weighted by Gasteiger charge is 2.55. The summed E-state index contributed by atoms with van der Waals surface area (Å²) in [4.78, 5) is 28.1. The van der Waals surface area contributed by atoms with E-state index in [9.17, 15) is 23.1 Å². The third-order valence-corrected chi connectivity index (χ3v) is 10.7. The second kappa shape index (κ2) is 11.7. The number of benzene rings is 2. The van der Waals surface area contributed by atoms with Crippen LogP contribution < -0.4 is 0 Å². The summed E-state index contributed by atoms with van der Waals surface area (Å²) in [7, 11) is -0.617. The molecule has 0 aromatic heterocycles. The molecule has 0 radical (unpaired) electrons. The zero-order chi connectivity index (χ0) is 28.5. The van der Waals surface area contributed by atoms with E-state index in [1.807, 2.05) is 37.3 Å². The normalized spacial score (nSPS) is 24.7. The first-order valence-electron chi connectivity index (χ1n) is 13.0. The molecule has 2 aromatic rings. The van der Waals surface area contributed by atoms with Gasteiger partial charge in [0.05, 0.1) is 17.7 Å². The van der Waals surface area contributed by atoms with E-state index in [1.54, 1.807) is 23.1 Å². The summed E-state index contributed by atoms with van der Waals surface area (Å²) < 4.78 is 33.2. The minimum atomic E-state index is -3.50. The minimum absolute atomic E-state index is 0.0697. The zero-order valence-electron chi connectivity index (χ0n) is 22.2. The second-order valence-corrected chi connectivity index (χ2v) is 13.6. The Bertz CT molecular complexity index is 1320. The Morgan fingerprint density at radius 3 is 2.36 bits per heavy atom. The summed E-state index contributed by atoms with van der Waals surface area (Å²) in [6, 6.07) is 13.4. The number of sulfonamides is 1. The van der Waals surface area contributed by atoms with E-state index in [2.05, 4.69) is 0 Å². The van der Waals surface area contributed by atoms with Gasteiger partial charge in [0.2, 0.25) is 10.0 Å². The van der Waals surface area contributed by atoms with Crippen molar-refractivity contribution in [1.29, 1.82) is 0 Å². The SMILES string of the molecule is CCC(CN(C)S(=O)(=O)C1CC1)N1C(=O)[C@](CC(=O)O)(OC)C[C@H](c2cccc(Cl)c2)[C@H]1c1ccc(Cl)cc1. The fourth-order valence-corrected chi connectivity index (χ4v) is 7.61. The van der Waals surface area contributed by atoms with E-state index in [0.717, 1.165) is 11.1 Å². The van der Waals surface area contributed by atoms with Gasteiger partial charge in [0.1, 0.15) is 0 Å². The number of rotatable bonds is 11. The molecule has 1 unspecified atom stereocenters. The van der Waals surface area contributed by atoms with Crippen LogP contribution in [0.15, 0.2) is 48.5 Å². The van der Waals surface area contributed by atoms with Gasteiger partial charge < -0.3 is 14.7 Å². The van der Waals surface area contributed by atoms with Crippen LogP contribution in [0.4, 0.5) is 0 Å². The van der Waals surface area contributed by atoms with Crippen molar-refractivity contribution in [3.63, 3.8) is 0 Å². The standard InChI is InChI=1S/C28H34Cl2N2O6S/c1-4-22(17-31(2)39(36,37)23-12-13-23)32-26(18-8-10-20(29)11-9-18)24(19-6-5-7-21(30)14-19)15-28(38-3,27(32)35)16-25(33)34/h5-11,14,22-24,26H,4,12-13,15-17H2,1-3H3,(H,33,34)/t22?,24-,26-,28+/m1/s1. The van der Waals surface area contributed by atoms with Crippen molar-refractivity contribution in [3.05, 3.63) is 69.7 Å². The molecule has 11 heteroatoms. The number of ether oxygens (including phenoxy) is 1. The Morgan fingerprint density at radius 2 is 1.82 bits per heavy atom. The molecule has 1 amide bonds. The topological polar surface area (TPSA) is 104 Å². The first-order valence-corrected chi connectivity index (χ1v) is 15.2. The number of hydrogen-bond donors (Lipinski definition) is 1. The van der Waals surface area contributed by atoms with Crippen molar-refractivity contribution in [1.82, 2.24) is 9.21 Å². The van der Waals surface area contributed by atoms with Crippen LogP contribution >= 0.6 is 23.2 Å².